The van der Waals surface area contributed by atoms with E-state index < -0.39 is 24.8 Å². The van der Waals surface area contributed by atoms with Crippen LogP contribution in [-0.2, 0) is 19.2 Å². The predicted octanol–water partition coefficient (Wildman–Crippen LogP) is -0.135. The summed E-state index contributed by atoms with van der Waals surface area (Å²) in [6.45, 7) is 1.43. The van der Waals surface area contributed by atoms with E-state index in [9.17, 15) is 14.8 Å². The molecule has 0 radical (unpaired) electrons. The Morgan fingerprint density at radius 2 is 2.35 bits per heavy atom. The Hall–Kier alpha value is -2.06. The molecule has 9 nitrogen and oxygen atoms in total. The van der Waals surface area contributed by atoms with Gasteiger partial charge in [-0.2, -0.15) is 0 Å². The first kappa shape index (κ1) is 13.0. The molecule has 0 aromatic heterocycles. The van der Waals surface area contributed by atoms with Crippen molar-refractivity contribution in [3.8, 4) is 0 Å². The molecule has 1 rings (SSSR count). The molecule has 0 amide bonds. The van der Waals surface area contributed by atoms with E-state index in [1.165, 1.54) is 0 Å². The maximum absolute atomic E-state index is 11.2. The number of aliphatic carboxylic acids is 1. The summed E-state index contributed by atoms with van der Waals surface area (Å²) in [5.74, 6) is -1.57. The topological polar surface area (TPSA) is 114 Å². The lowest BCUT2D eigenvalue weighted by Gasteiger charge is -2.31. The molecule has 1 atom stereocenters. The van der Waals surface area contributed by atoms with Crippen LogP contribution in [0.15, 0.2) is 5.28 Å². The Morgan fingerprint density at radius 3 is 2.82 bits per heavy atom. The summed E-state index contributed by atoms with van der Waals surface area (Å²) in [6, 6.07) is -0.877. The van der Waals surface area contributed by atoms with E-state index in [0.29, 0.717) is 13.0 Å². The maximum Gasteiger partial charge on any atom is 0.332 e. The van der Waals surface area contributed by atoms with Crippen molar-refractivity contribution in [2.45, 2.75) is 25.8 Å². The van der Waals surface area contributed by atoms with Crippen LogP contribution in [0.4, 0.5) is 0 Å². The first-order valence-electron chi connectivity index (χ1n) is 5.01. The predicted molar refractivity (Wildman–Crippen MR) is 51.1 cm³/mol. The Balaban J connectivity index is 2.30. The van der Waals surface area contributed by atoms with Crippen LogP contribution in [0.2, 0.25) is 0 Å². The van der Waals surface area contributed by atoms with Crippen molar-refractivity contribution in [3.05, 3.63) is 5.21 Å². The lowest BCUT2D eigenvalue weighted by atomic mass is 10.1. The number of rotatable bonds is 6. The molecule has 1 unspecified atom stereocenters. The molecule has 0 aliphatic carbocycles. The summed E-state index contributed by atoms with van der Waals surface area (Å²) in [5, 5.41) is 23.9. The second kappa shape index (κ2) is 5.87. The Bertz CT molecular complexity index is 331. The molecule has 17 heavy (non-hydrogen) atoms. The van der Waals surface area contributed by atoms with Crippen LogP contribution in [0.25, 0.3) is 0 Å². The monoisotopic (exact) mass is 247 g/mol. The van der Waals surface area contributed by atoms with Gasteiger partial charge in [0, 0.05) is 12.8 Å². The maximum atomic E-state index is 11.2. The van der Waals surface area contributed by atoms with Gasteiger partial charge >= 0.3 is 11.9 Å². The number of hydrogen-bond donors (Lipinski definition) is 1. The van der Waals surface area contributed by atoms with Gasteiger partial charge in [0.05, 0.1) is 11.5 Å². The molecule has 0 bridgehead atoms. The van der Waals surface area contributed by atoms with Crippen LogP contribution in [0.5, 0.6) is 0 Å². The molecule has 1 heterocycles. The summed E-state index contributed by atoms with van der Waals surface area (Å²) < 4.78 is 4.49. The number of hydrogen-bond acceptors (Lipinski definition) is 6. The zero-order valence-electron chi connectivity index (χ0n) is 9.24. The summed E-state index contributed by atoms with van der Waals surface area (Å²) in [5.41, 5.74) is 0. The van der Waals surface area contributed by atoms with Gasteiger partial charge in [-0.3, -0.25) is 4.79 Å². The molecule has 0 saturated carbocycles. The largest absolute Gasteiger partial charge is 0.569 e. The highest BCUT2D eigenvalue weighted by atomic mass is 16.8. The number of carboxylic acid groups (broad SMARTS) is 1. The van der Waals surface area contributed by atoms with Crippen LogP contribution in [0.1, 0.15) is 19.8 Å². The van der Waals surface area contributed by atoms with E-state index in [0.717, 1.165) is 5.01 Å². The van der Waals surface area contributed by atoms with E-state index >= 15 is 0 Å². The summed E-state index contributed by atoms with van der Waals surface area (Å²) in [7, 11) is 0. The van der Waals surface area contributed by atoms with Gasteiger partial charge in [0.1, 0.15) is 0 Å². The van der Waals surface area contributed by atoms with E-state index in [4.69, 9.17) is 5.11 Å². The minimum absolute atomic E-state index is 0.0437. The quantitative estimate of drug-likeness (QED) is 0.173. The third-order valence-electron chi connectivity index (χ3n) is 2.19. The smallest absolute Gasteiger partial charge is 0.332 e. The Morgan fingerprint density at radius 1 is 1.65 bits per heavy atom. The van der Waals surface area contributed by atoms with Gasteiger partial charge < -0.3 is 19.9 Å². The molecule has 1 saturated heterocycles. The normalized spacial score (nSPS) is 19.5. The molecule has 0 aromatic carbocycles. The Labute approximate surface area is 96.7 Å². The molecule has 0 spiro atoms. The first-order chi connectivity index (χ1) is 8.06. The lowest BCUT2D eigenvalue weighted by Crippen LogP contribution is -2.55. The van der Waals surface area contributed by atoms with Gasteiger partial charge in [0.2, 0.25) is 5.28 Å². The van der Waals surface area contributed by atoms with Gasteiger partial charge in [-0.1, -0.05) is 6.92 Å². The second-order valence-corrected chi connectivity index (χ2v) is 3.26. The van der Waals surface area contributed by atoms with Crippen molar-refractivity contribution in [2.75, 3.05) is 13.3 Å². The SMILES string of the molecule is CCC(=O)OCO/N=[N+](\[O-])N1CCC1C(=O)O. The standard InChI is InChI=1S/C8H13N3O6/c1-2-7(12)16-5-17-9-11(15)10-4-3-6(10)8(13)14/h6H,2-5H2,1H3,(H,13,14)/b11-9-. The lowest BCUT2D eigenvalue weighted by molar-refractivity contribution is -0.729. The number of ether oxygens (including phenoxy) is 1. The molecule has 1 aliphatic rings. The highest BCUT2D eigenvalue weighted by Crippen LogP contribution is 2.17. The molecule has 1 N–H and O–H groups in total. The third kappa shape index (κ3) is 3.47. The highest BCUT2D eigenvalue weighted by molar-refractivity contribution is 5.74. The second-order valence-electron chi connectivity index (χ2n) is 3.26. The van der Waals surface area contributed by atoms with Crippen LogP contribution in [0.3, 0.4) is 0 Å². The fraction of sp³-hybridized carbons (Fsp3) is 0.750. The number of carbonyl (C=O) groups is 2. The van der Waals surface area contributed by atoms with Gasteiger partial charge in [-0.05, 0) is 0 Å². The fourth-order valence-corrected chi connectivity index (χ4v) is 1.14. The zero-order chi connectivity index (χ0) is 12.8. The van der Waals surface area contributed by atoms with Crippen molar-refractivity contribution < 1.29 is 29.2 Å². The molecule has 1 fully saturated rings. The summed E-state index contributed by atoms with van der Waals surface area (Å²) in [4.78, 5) is 25.7. The third-order valence-corrected chi connectivity index (χ3v) is 2.19. The van der Waals surface area contributed by atoms with E-state index in [1.54, 1.807) is 6.92 Å². The molecule has 96 valence electrons. The van der Waals surface area contributed by atoms with Crippen molar-refractivity contribution in [3.63, 3.8) is 0 Å². The molecule has 0 aromatic rings. The summed E-state index contributed by atoms with van der Waals surface area (Å²) >= 11 is 0. The van der Waals surface area contributed by atoms with Gasteiger partial charge in [0.15, 0.2) is 6.04 Å². The van der Waals surface area contributed by atoms with Crippen LogP contribution in [0, 0.1) is 5.21 Å². The average molecular weight is 247 g/mol. The number of carbonyl (C=O) groups excluding carboxylic acids is 1. The van der Waals surface area contributed by atoms with Crippen LogP contribution in [-0.4, -0.2) is 46.4 Å². The van der Waals surface area contributed by atoms with E-state index in [1.807, 2.05) is 0 Å². The van der Waals surface area contributed by atoms with Crippen molar-refractivity contribution in [1.29, 1.82) is 0 Å². The number of hydrazine groups is 1. The highest BCUT2D eigenvalue weighted by Gasteiger charge is 2.41. The first-order valence-corrected chi connectivity index (χ1v) is 5.01. The number of esters is 1. The summed E-state index contributed by atoms with van der Waals surface area (Å²) in [6.07, 6.45) is 0.575. The van der Waals surface area contributed by atoms with Crippen molar-refractivity contribution in [2.24, 2.45) is 5.28 Å². The van der Waals surface area contributed by atoms with E-state index in [2.05, 4.69) is 14.9 Å². The average Bonchev–Trinajstić information content (AvgIpc) is 2.21. The Kier molecular flexibility index (Phi) is 4.49. The van der Waals surface area contributed by atoms with Crippen LogP contribution < -0.4 is 0 Å². The van der Waals surface area contributed by atoms with Crippen LogP contribution >= 0.6 is 0 Å². The van der Waals surface area contributed by atoms with Gasteiger partial charge in [-0.15, -0.1) is 5.01 Å². The number of carboxylic acids is 1. The van der Waals surface area contributed by atoms with Gasteiger partial charge in [0.25, 0.3) is 6.79 Å². The molecule has 1 aliphatic heterocycles. The molecule has 9 heteroatoms. The van der Waals surface area contributed by atoms with E-state index in [-0.39, 0.29) is 11.4 Å². The molecular formula is C8H13N3O6. The zero-order valence-corrected chi connectivity index (χ0v) is 9.24. The fourth-order valence-electron chi connectivity index (χ4n) is 1.14. The number of nitrogens with zero attached hydrogens (tertiary/aromatic N) is 3. The molecular weight excluding hydrogens is 234 g/mol. The minimum Gasteiger partial charge on any atom is -0.569 e. The van der Waals surface area contributed by atoms with Crippen molar-refractivity contribution >= 4 is 11.9 Å². The van der Waals surface area contributed by atoms with Gasteiger partial charge in [-0.25, -0.2) is 4.79 Å². The van der Waals surface area contributed by atoms with Crippen molar-refractivity contribution in [1.82, 2.24) is 5.01 Å². The minimum atomic E-state index is -1.09.